The lowest BCUT2D eigenvalue weighted by atomic mass is 9.68. The lowest BCUT2D eigenvalue weighted by Crippen LogP contribution is -2.45. The van der Waals surface area contributed by atoms with Gasteiger partial charge in [-0.15, -0.1) is 0 Å². The van der Waals surface area contributed by atoms with Crippen molar-refractivity contribution in [3.63, 3.8) is 0 Å². The molecule has 53 heavy (non-hydrogen) atoms. The Morgan fingerprint density at radius 3 is 2.17 bits per heavy atom. The second kappa shape index (κ2) is 14.3. The van der Waals surface area contributed by atoms with Crippen LogP contribution in [0.5, 0.6) is 0 Å². The van der Waals surface area contributed by atoms with E-state index < -0.39 is 0 Å². The Bertz CT molecular complexity index is 2420. The summed E-state index contributed by atoms with van der Waals surface area (Å²) in [5.41, 5.74) is 10.1. The minimum absolute atomic E-state index is 0.177. The largest absolute Gasteiger partial charge is 0.340 e. The zero-order valence-electron chi connectivity index (χ0n) is 32.8. The van der Waals surface area contributed by atoms with E-state index in [0.29, 0.717) is 5.92 Å². The summed E-state index contributed by atoms with van der Waals surface area (Å²) in [7, 11) is 2.48. The molecule has 0 amide bonds. The number of nitrogens with zero attached hydrogens (tertiary/aromatic N) is 2. The molecule has 1 aromatic heterocycles. The van der Waals surface area contributed by atoms with E-state index in [0.717, 1.165) is 30.4 Å². The minimum atomic E-state index is 0.177. The van der Waals surface area contributed by atoms with E-state index in [-0.39, 0.29) is 11.5 Å². The Labute approximate surface area is 317 Å². The topological polar surface area (TPSA) is 4.93 Å². The van der Waals surface area contributed by atoms with Crippen LogP contribution in [0.15, 0.2) is 133 Å². The molecule has 0 radical (unpaired) electrons. The van der Waals surface area contributed by atoms with Gasteiger partial charge in [-0.1, -0.05) is 151 Å². The molecule has 6 aromatic rings. The van der Waals surface area contributed by atoms with Gasteiger partial charge in [-0.05, 0) is 94.4 Å². The standard InChI is InChI=1S/C51H57N2/c1-7-9-32-52-44(42-24-14-20-37-22-16-26-45(52)49(37)42)30-28-39-34-41(51(3,4)5)35-40(48(39)36-18-12-11-13-19-36)29-31-46-43-25-15-21-38-23-17-27-47(50(38)43)53(46,6)33-10-8-2/h11-31,41,46H,7-10,32-35H2,1-6H3/q+1/b31-29+,39-28+,44-30+. The fourth-order valence-corrected chi connectivity index (χ4v) is 9.58. The monoisotopic (exact) mass is 697 g/mol. The summed E-state index contributed by atoms with van der Waals surface area (Å²) in [6, 6.07) is 39.0. The highest BCUT2D eigenvalue weighted by Crippen LogP contribution is 2.51. The first-order chi connectivity index (χ1) is 25.7. The predicted octanol–water partition coefficient (Wildman–Crippen LogP) is 13.1. The van der Waals surface area contributed by atoms with Crippen LogP contribution in [0.3, 0.4) is 0 Å². The number of aromatic nitrogens is 1. The fraction of sp³-hybridized carbons (Fsp3) is 0.333. The highest BCUT2D eigenvalue weighted by atomic mass is 15.4. The maximum atomic E-state index is 2.59. The third-order valence-corrected chi connectivity index (χ3v) is 12.6. The second-order valence-electron chi connectivity index (χ2n) is 17.0. The van der Waals surface area contributed by atoms with Gasteiger partial charge in [0.15, 0.2) is 0 Å². The van der Waals surface area contributed by atoms with Crippen molar-refractivity contribution >= 4 is 49.8 Å². The molecule has 2 nitrogen and oxygen atoms in total. The number of hydrogen-bond donors (Lipinski definition) is 0. The van der Waals surface area contributed by atoms with Crippen molar-refractivity contribution in [1.82, 2.24) is 9.05 Å². The normalized spacial score (nSPS) is 21.8. The van der Waals surface area contributed by atoms with Crippen LogP contribution in [0.1, 0.15) is 90.3 Å². The molecule has 1 aliphatic heterocycles. The zero-order chi connectivity index (χ0) is 36.7. The van der Waals surface area contributed by atoms with Gasteiger partial charge in [-0.25, -0.2) is 0 Å². The summed E-state index contributed by atoms with van der Waals surface area (Å²) in [6.45, 7) is 14.1. The van der Waals surface area contributed by atoms with Crippen molar-refractivity contribution in [2.24, 2.45) is 11.3 Å². The first-order valence-corrected chi connectivity index (χ1v) is 20.3. The summed E-state index contributed by atoms with van der Waals surface area (Å²) in [6.07, 6.45) is 17.0. The summed E-state index contributed by atoms with van der Waals surface area (Å²) in [4.78, 5) is 0. The molecule has 5 aromatic carbocycles. The van der Waals surface area contributed by atoms with Gasteiger partial charge in [0.25, 0.3) is 0 Å². The van der Waals surface area contributed by atoms with Gasteiger partial charge in [0, 0.05) is 33.7 Å². The van der Waals surface area contributed by atoms with Crippen LogP contribution in [-0.4, -0.2) is 18.2 Å². The smallest absolute Gasteiger partial charge is 0.141 e. The van der Waals surface area contributed by atoms with Crippen LogP contribution < -0.4 is 9.83 Å². The summed E-state index contributed by atoms with van der Waals surface area (Å²) in [5, 5.41) is 8.24. The van der Waals surface area contributed by atoms with Crippen molar-refractivity contribution < 1.29 is 0 Å². The van der Waals surface area contributed by atoms with Gasteiger partial charge in [-0.3, -0.25) is 4.48 Å². The molecule has 3 unspecified atom stereocenters. The molecular weight excluding hydrogens is 641 g/mol. The predicted molar refractivity (Wildman–Crippen MR) is 231 cm³/mol. The van der Waals surface area contributed by atoms with E-state index in [1.807, 2.05) is 0 Å². The molecule has 0 saturated heterocycles. The number of hydrogen-bond acceptors (Lipinski definition) is 0. The quantitative estimate of drug-likeness (QED) is 0.126. The molecule has 270 valence electrons. The SMILES string of the molecule is CCCCn1/c(=C/C=C2\CC(C(C)(C)C)CC(/C=C/C3c4cccc5cccc(c45)[N+]3(C)CCCC)=C2c2ccccc2)c2cccc3cccc1c32. The van der Waals surface area contributed by atoms with Gasteiger partial charge < -0.3 is 4.57 Å². The molecule has 2 heterocycles. The van der Waals surface area contributed by atoms with Crippen LogP contribution in [0.4, 0.5) is 5.69 Å². The maximum Gasteiger partial charge on any atom is 0.141 e. The number of allylic oxidation sites excluding steroid dienone is 5. The Hall–Kier alpha value is -4.66. The first kappa shape index (κ1) is 35.4. The van der Waals surface area contributed by atoms with Crippen LogP contribution in [0, 0.1) is 11.3 Å². The van der Waals surface area contributed by atoms with Crippen molar-refractivity contribution in [3.8, 4) is 0 Å². The number of benzene rings is 5. The van der Waals surface area contributed by atoms with Gasteiger partial charge >= 0.3 is 0 Å². The van der Waals surface area contributed by atoms with E-state index >= 15 is 0 Å². The molecule has 0 spiro atoms. The van der Waals surface area contributed by atoms with Gasteiger partial charge in [-0.2, -0.15) is 0 Å². The lowest BCUT2D eigenvalue weighted by molar-refractivity contribution is 0.235. The number of rotatable bonds is 10. The van der Waals surface area contributed by atoms with Gasteiger partial charge in [0.1, 0.15) is 11.7 Å². The average molecular weight is 698 g/mol. The lowest BCUT2D eigenvalue weighted by Gasteiger charge is -2.38. The molecule has 1 aliphatic carbocycles. The summed E-state index contributed by atoms with van der Waals surface area (Å²) >= 11 is 0. The molecule has 0 N–H and O–H groups in total. The second-order valence-corrected chi connectivity index (χ2v) is 17.0. The van der Waals surface area contributed by atoms with E-state index in [9.17, 15) is 0 Å². The Kier molecular flexibility index (Phi) is 9.54. The zero-order valence-corrected chi connectivity index (χ0v) is 32.8. The first-order valence-electron chi connectivity index (χ1n) is 20.3. The number of aryl methyl sites for hydroxylation is 1. The van der Waals surface area contributed by atoms with Crippen molar-refractivity contribution in [2.45, 2.75) is 85.7 Å². The Morgan fingerprint density at radius 2 is 1.43 bits per heavy atom. The van der Waals surface area contributed by atoms with Crippen LogP contribution in [0.2, 0.25) is 0 Å². The number of likely N-dealkylation sites (N-methyl/N-ethyl adjacent to an activating group) is 1. The van der Waals surface area contributed by atoms with Gasteiger partial charge in [0.05, 0.1) is 19.0 Å². The molecule has 2 aliphatic rings. The Balaban J connectivity index is 1.33. The molecule has 3 atom stereocenters. The third kappa shape index (κ3) is 6.29. The van der Waals surface area contributed by atoms with Crippen molar-refractivity contribution in [2.75, 3.05) is 13.6 Å². The molecule has 0 fully saturated rings. The molecule has 8 rings (SSSR count). The van der Waals surface area contributed by atoms with E-state index in [4.69, 9.17) is 0 Å². The number of quaternary nitrogens is 1. The number of unbranched alkanes of at least 4 members (excludes halogenated alkanes) is 2. The van der Waals surface area contributed by atoms with E-state index in [1.54, 1.807) is 0 Å². The molecule has 2 heteroatoms. The Morgan fingerprint density at radius 1 is 0.736 bits per heavy atom. The van der Waals surface area contributed by atoms with Crippen LogP contribution in [-0.2, 0) is 6.54 Å². The van der Waals surface area contributed by atoms with Crippen LogP contribution >= 0.6 is 0 Å². The molecule has 0 saturated carbocycles. The summed E-state index contributed by atoms with van der Waals surface area (Å²) in [5.74, 6) is 0.532. The maximum absolute atomic E-state index is 2.59. The molecular formula is C51H57N2+. The van der Waals surface area contributed by atoms with E-state index in [2.05, 4.69) is 174 Å². The minimum Gasteiger partial charge on any atom is -0.340 e. The molecule has 0 bridgehead atoms. The van der Waals surface area contributed by atoms with Crippen molar-refractivity contribution in [1.29, 1.82) is 0 Å². The highest BCUT2D eigenvalue weighted by Gasteiger charge is 2.43. The fourth-order valence-electron chi connectivity index (χ4n) is 9.58. The van der Waals surface area contributed by atoms with Gasteiger partial charge in [0.2, 0.25) is 0 Å². The van der Waals surface area contributed by atoms with Crippen LogP contribution in [0.25, 0.3) is 44.1 Å². The van der Waals surface area contributed by atoms with E-state index in [1.165, 1.54) is 97.0 Å². The summed E-state index contributed by atoms with van der Waals surface area (Å²) < 4.78 is 3.52. The highest BCUT2D eigenvalue weighted by molar-refractivity contribution is 6.10. The average Bonchev–Trinajstić information content (AvgIpc) is 3.61. The van der Waals surface area contributed by atoms with Crippen molar-refractivity contribution in [3.05, 3.63) is 149 Å². The third-order valence-electron chi connectivity index (χ3n) is 12.6.